The van der Waals surface area contributed by atoms with Crippen LogP contribution < -0.4 is 0 Å². The van der Waals surface area contributed by atoms with Crippen molar-refractivity contribution in [1.29, 1.82) is 0 Å². The number of cyclic esters (lactones) is 1. The molecule has 36 heavy (non-hydrogen) atoms. The maximum absolute atomic E-state index is 14.2. The van der Waals surface area contributed by atoms with Crippen molar-refractivity contribution in [2.45, 2.75) is 87.2 Å². The number of ether oxygens (including phenoxy) is 1. The molecule has 4 heterocycles. The molecule has 2 saturated heterocycles. The number of aliphatic hydroxyl groups excluding tert-OH is 1. The lowest BCUT2D eigenvalue weighted by Gasteiger charge is -2.37. The number of thioether (sulfide) groups is 1. The highest BCUT2D eigenvalue weighted by Gasteiger charge is 2.73. The van der Waals surface area contributed by atoms with Crippen LogP contribution in [0.1, 0.15) is 71.6 Å². The minimum atomic E-state index is -0.791. The lowest BCUT2D eigenvalue weighted by Crippen LogP contribution is -2.53. The number of rotatable bonds is 10. The summed E-state index contributed by atoms with van der Waals surface area (Å²) in [6.45, 7) is 6.41. The van der Waals surface area contributed by atoms with Gasteiger partial charge in [0.25, 0.3) is 0 Å². The van der Waals surface area contributed by atoms with Crippen molar-refractivity contribution in [3.63, 3.8) is 0 Å². The molecule has 0 bridgehead atoms. The fraction of sp³-hybridized carbons (Fsp3) is 0.750. The second-order valence-electron chi connectivity index (χ2n) is 10.8. The number of aliphatic hydroxyl groups is 1. The molecule has 0 aliphatic carbocycles. The molecule has 0 radical (unpaired) electrons. The van der Waals surface area contributed by atoms with Crippen LogP contribution in [0.4, 0.5) is 0 Å². The summed E-state index contributed by atoms with van der Waals surface area (Å²) in [6.07, 6.45) is 16.3. The molecule has 4 aliphatic rings. The number of esters is 1. The maximum Gasteiger partial charge on any atom is 0.311 e. The van der Waals surface area contributed by atoms with Crippen LogP contribution in [0.3, 0.4) is 0 Å². The first-order valence-corrected chi connectivity index (χ1v) is 14.6. The van der Waals surface area contributed by atoms with E-state index in [1.807, 2.05) is 17.9 Å². The number of hydrogen-bond acceptors (Lipinski definition) is 6. The maximum atomic E-state index is 14.2. The predicted molar refractivity (Wildman–Crippen MR) is 141 cm³/mol. The summed E-state index contributed by atoms with van der Waals surface area (Å²) in [5, 5.41) is 9.11. The Morgan fingerprint density at radius 2 is 1.78 bits per heavy atom. The molecular formula is C28H42N2O5S. The second kappa shape index (κ2) is 11.7. The highest BCUT2D eigenvalue weighted by Crippen LogP contribution is 2.65. The van der Waals surface area contributed by atoms with Gasteiger partial charge in [0, 0.05) is 31.0 Å². The molecule has 7 nitrogen and oxygen atoms in total. The van der Waals surface area contributed by atoms with Crippen LogP contribution in [0.2, 0.25) is 0 Å². The quantitative estimate of drug-likeness (QED) is 0.270. The monoisotopic (exact) mass is 518 g/mol. The summed E-state index contributed by atoms with van der Waals surface area (Å²) < 4.78 is 4.27. The Morgan fingerprint density at radius 1 is 1.00 bits per heavy atom. The number of hydrogen-bond donors (Lipinski definition) is 1. The lowest BCUT2D eigenvalue weighted by molar-refractivity contribution is -0.154. The molecule has 5 atom stereocenters. The largest absolute Gasteiger partial charge is 0.465 e. The second-order valence-corrected chi connectivity index (χ2v) is 12.6. The lowest BCUT2D eigenvalue weighted by atomic mass is 9.74. The third kappa shape index (κ3) is 5.00. The molecule has 2 amide bonds. The van der Waals surface area contributed by atoms with Gasteiger partial charge < -0.3 is 19.6 Å². The molecule has 4 aliphatic heterocycles. The Hall–Kier alpha value is -1.80. The third-order valence-electron chi connectivity index (χ3n) is 8.17. The zero-order valence-electron chi connectivity index (χ0n) is 21.8. The van der Waals surface area contributed by atoms with Gasteiger partial charge in [-0.1, -0.05) is 56.9 Å². The van der Waals surface area contributed by atoms with Crippen LogP contribution >= 0.6 is 11.8 Å². The van der Waals surface area contributed by atoms with Gasteiger partial charge >= 0.3 is 5.97 Å². The molecule has 1 N–H and O–H groups in total. The Morgan fingerprint density at radius 3 is 2.56 bits per heavy atom. The first kappa shape index (κ1) is 27.2. The topological polar surface area (TPSA) is 87.2 Å². The smallest absolute Gasteiger partial charge is 0.311 e. The SMILES string of the molecule is CCCCCN1CC=C[C@]23S[C@]4(C)/C=C\CCCOC(=O)[C@@H]4[C@H]2C(=O)N(CCCCCCO)C3C1=O. The van der Waals surface area contributed by atoms with Gasteiger partial charge in [-0.2, -0.15) is 0 Å². The average Bonchev–Trinajstić information content (AvgIpc) is 3.20. The number of allylic oxidation sites excluding steroid dienone is 1. The zero-order valence-corrected chi connectivity index (χ0v) is 22.6. The van der Waals surface area contributed by atoms with E-state index in [0.29, 0.717) is 26.2 Å². The zero-order chi connectivity index (χ0) is 25.8. The van der Waals surface area contributed by atoms with Crippen LogP contribution in [0.15, 0.2) is 24.3 Å². The molecular weight excluding hydrogens is 476 g/mol. The van der Waals surface area contributed by atoms with Gasteiger partial charge in [0.05, 0.1) is 23.2 Å². The van der Waals surface area contributed by atoms with E-state index in [0.717, 1.165) is 57.8 Å². The summed E-state index contributed by atoms with van der Waals surface area (Å²) in [6, 6.07) is -0.619. The Balaban J connectivity index is 1.71. The molecule has 0 aromatic rings. The highest BCUT2D eigenvalue weighted by molar-refractivity contribution is 8.02. The summed E-state index contributed by atoms with van der Waals surface area (Å²) in [5.74, 6) is -1.67. The summed E-state index contributed by atoms with van der Waals surface area (Å²) in [7, 11) is 0. The van der Waals surface area contributed by atoms with Crippen LogP contribution in [0.5, 0.6) is 0 Å². The van der Waals surface area contributed by atoms with Crippen molar-refractivity contribution in [3.8, 4) is 0 Å². The molecule has 0 saturated carbocycles. The summed E-state index contributed by atoms with van der Waals surface area (Å²) in [5.41, 5.74) is 0. The van der Waals surface area contributed by atoms with E-state index in [4.69, 9.17) is 9.84 Å². The molecule has 8 heteroatoms. The number of carbonyl (C=O) groups excluding carboxylic acids is 3. The van der Waals surface area contributed by atoms with E-state index < -0.39 is 27.4 Å². The molecule has 2 fully saturated rings. The predicted octanol–water partition coefficient (Wildman–Crippen LogP) is 3.71. The number of unbranched alkanes of at least 4 members (excludes halogenated alkanes) is 5. The fourth-order valence-corrected chi connectivity index (χ4v) is 8.58. The van der Waals surface area contributed by atoms with Gasteiger partial charge in [-0.15, -0.1) is 11.8 Å². The number of fused-ring (bicyclic) bond motifs is 2. The third-order valence-corrected chi connectivity index (χ3v) is 9.97. The van der Waals surface area contributed by atoms with Crippen molar-refractivity contribution >= 4 is 29.5 Å². The number of carbonyl (C=O) groups is 3. The minimum absolute atomic E-state index is 0.00209. The van der Waals surface area contributed by atoms with Gasteiger partial charge in [-0.05, 0) is 39.0 Å². The molecule has 4 rings (SSSR count). The molecule has 200 valence electrons. The number of nitrogens with zero attached hydrogens (tertiary/aromatic N) is 2. The van der Waals surface area contributed by atoms with Crippen molar-refractivity contribution in [2.24, 2.45) is 11.8 Å². The number of likely N-dealkylation sites (tertiary alicyclic amines) is 1. The molecule has 0 aromatic carbocycles. The van der Waals surface area contributed by atoms with Gasteiger partial charge in [0.2, 0.25) is 11.8 Å². The Labute approximate surface area is 219 Å². The Kier molecular flexibility index (Phi) is 8.87. The van der Waals surface area contributed by atoms with E-state index in [1.54, 1.807) is 16.7 Å². The average molecular weight is 519 g/mol. The van der Waals surface area contributed by atoms with Crippen molar-refractivity contribution in [2.75, 3.05) is 32.8 Å². The first-order valence-electron chi connectivity index (χ1n) is 13.8. The summed E-state index contributed by atoms with van der Waals surface area (Å²) >= 11 is 1.62. The minimum Gasteiger partial charge on any atom is -0.465 e. The van der Waals surface area contributed by atoms with E-state index in [1.165, 1.54) is 0 Å². The number of amides is 2. The fourth-order valence-electron chi connectivity index (χ4n) is 6.42. The van der Waals surface area contributed by atoms with Gasteiger partial charge in [-0.3, -0.25) is 14.4 Å². The first-order chi connectivity index (χ1) is 17.4. The van der Waals surface area contributed by atoms with Gasteiger partial charge in [0.1, 0.15) is 6.04 Å². The van der Waals surface area contributed by atoms with E-state index in [-0.39, 0.29) is 24.4 Å². The standard InChI is InChI=1S/C28H42N2O5S/c1-3-4-9-16-29-17-13-15-28-21(22-26(34)35-20-12-7-8-14-27(22,2)36-28)24(32)30(23(28)25(29)33)18-10-5-6-11-19-31/h8,13-15,21-23,31H,3-7,9-12,16-20H2,1-2H3/b14-8-/t21-,22-,23?,27+,28-/m0/s1. The summed E-state index contributed by atoms with van der Waals surface area (Å²) in [4.78, 5) is 45.4. The molecule has 1 spiro atoms. The highest BCUT2D eigenvalue weighted by atomic mass is 32.2. The molecule has 1 unspecified atom stereocenters. The van der Waals surface area contributed by atoms with Crippen LogP contribution in [-0.2, 0) is 19.1 Å². The van der Waals surface area contributed by atoms with Crippen molar-refractivity contribution < 1.29 is 24.2 Å². The van der Waals surface area contributed by atoms with Crippen molar-refractivity contribution in [3.05, 3.63) is 24.3 Å². The van der Waals surface area contributed by atoms with Gasteiger partial charge in [-0.25, -0.2) is 0 Å². The van der Waals surface area contributed by atoms with Crippen LogP contribution in [0.25, 0.3) is 0 Å². The normalized spacial score (nSPS) is 34.9. The van der Waals surface area contributed by atoms with Crippen molar-refractivity contribution in [1.82, 2.24) is 9.80 Å². The Bertz CT molecular complexity index is 891. The van der Waals surface area contributed by atoms with E-state index in [2.05, 4.69) is 25.2 Å². The van der Waals surface area contributed by atoms with Crippen LogP contribution in [-0.4, -0.2) is 81.1 Å². The van der Waals surface area contributed by atoms with Gasteiger partial charge in [0.15, 0.2) is 0 Å². The van der Waals surface area contributed by atoms with E-state index >= 15 is 0 Å². The molecule has 0 aromatic heterocycles. The van der Waals surface area contributed by atoms with Crippen LogP contribution in [0, 0.1) is 11.8 Å². The van der Waals surface area contributed by atoms with E-state index in [9.17, 15) is 14.4 Å².